The normalized spacial score (nSPS) is 15.1. The molecule has 3 N–H and O–H groups in total. The monoisotopic (exact) mass is 543 g/mol. The number of carbonyl (C=O) groups is 2. The molecule has 0 aromatic heterocycles. The summed E-state index contributed by atoms with van der Waals surface area (Å²) in [5, 5.41) is 9.09. The molecular formula is C23H38IN5O2. The lowest BCUT2D eigenvalue weighted by molar-refractivity contribution is -0.121. The molecule has 2 amide bonds. The van der Waals surface area contributed by atoms with Crippen molar-refractivity contribution < 1.29 is 9.59 Å². The van der Waals surface area contributed by atoms with Gasteiger partial charge in [0.2, 0.25) is 5.91 Å². The minimum Gasteiger partial charge on any atom is -0.359 e. The maximum absolute atomic E-state index is 12.4. The van der Waals surface area contributed by atoms with Crippen molar-refractivity contribution >= 4 is 41.8 Å². The first-order chi connectivity index (χ1) is 14.2. The lowest BCUT2D eigenvalue weighted by atomic mass is 9.93. The number of guanidine groups is 1. The molecule has 0 atom stereocenters. The zero-order valence-electron chi connectivity index (χ0n) is 19.5. The summed E-state index contributed by atoms with van der Waals surface area (Å²) < 4.78 is 0. The van der Waals surface area contributed by atoms with Crippen molar-refractivity contribution in [1.29, 1.82) is 0 Å². The Bertz CT molecular complexity index is 753. The third-order valence-corrected chi connectivity index (χ3v) is 5.09. The van der Waals surface area contributed by atoms with Crippen LogP contribution in [0, 0.1) is 5.92 Å². The van der Waals surface area contributed by atoms with Crippen molar-refractivity contribution in [2.45, 2.75) is 59.0 Å². The van der Waals surface area contributed by atoms with Crippen molar-refractivity contribution in [1.82, 2.24) is 20.9 Å². The molecule has 1 aliphatic rings. The minimum absolute atomic E-state index is 0. The van der Waals surface area contributed by atoms with Gasteiger partial charge in [0.25, 0.3) is 5.91 Å². The number of likely N-dealkylation sites (tertiary alicyclic amines) is 1. The van der Waals surface area contributed by atoms with E-state index >= 15 is 0 Å². The highest BCUT2D eigenvalue weighted by atomic mass is 127. The van der Waals surface area contributed by atoms with Crippen LogP contribution in [0.3, 0.4) is 0 Å². The second-order valence-corrected chi connectivity index (χ2v) is 8.88. The Morgan fingerprint density at radius 1 is 1.19 bits per heavy atom. The fourth-order valence-corrected chi connectivity index (χ4v) is 3.53. The largest absolute Gasteiger partial charge is 0.359 e. The van der Waals surface area contributed by atoms with Crippen LogP contribution in [0.25, 0.3) is 0 Å². The molecule has 1 fully saturated rings. The van der Waals surface area contributed by atoms with Gasteiger partial charge in [-0.25, -0.2) is 4.99 Å². The summed E-state index contributed by atoms with van der Waals surface area (Å²) in [6, 6.07) is 7.64. The van der Waals surface area contributed by atoms with E-state index in [1.54, 1.807) is 7.05 Å². The Hall–Kier alpha value is -1.84. The lowest BCUT2D eigenvalue weighted by Gasteiger charge is -2.34. The zero-order chi connectivity index (χ0) is 22.1. The molecule has 31 heavy (non-hydrogen) atoms. The van der Waals surface area contributed by atoms with E-state index in [9.17, 15) is 9.59 Å². The minimum atomic E-state index is -0.270. The van der Waals surface area contributed by atoms with Crippen molar-refractivity contribution in [3.63, 3.8) is 0 Å². The molecule has 0 saturated carbocycles. The first-order valence-electron chi connectivity index (χ1n) is 10.9. The number of benzene rings is 1. The van der Waals surface area contributed by atoms with Gasteiger partial charge in [-0.05, 0) is 64.2 Å². The molecule has 2 rings (SSSR count). The molecule has 0 radical (unpaired) electrons. The number of hydrogen-bond acceptors (Lipinski definition) is 3. The van der Waals surface area contributed by atoms with Crippen LogP contribution in [0.4, 0.5) is 0 Å². The van der Waals surface area contributed by atoms with Crippen LogP contribution < -0.4 is 16.0 Å². The second kappa shape index (κ2) is 12.9. The number of nitrogens with zero attached hydrogens (tertiary/aromatic N) is 2. The van der Waals surface area contributed by atoms with Gasteiger partial charge in [0.15, 0.2) is 5.96 Å². The fourth-order valence-electron chi connectivity index (χ4n) is 3.53. The molecule has 1 aliphatic heterocycles. The molecule has 7 nitrogen and oxygen atoms in total. The first kappa shape index (κ1) is 27.2. The first-order valence-corrected chi connectivity index (χ1v) is 10.9. The number of carbonyl (C=O) groups excluding carboxylic acids is 2. The number of nitrogens with one attached hydrogen (secondary N) is 3. The smallest absolute Gasteiger partial charge is 0.251 e. The van der Waals surface area contributed by atoms with Gasteiger partial charge in [0.1, 0.15) is 0 Å². The molecule has 1 aromatic rings. The van der Waals surface area contributed by atoms with E-state index in [1.807, 2.05) is 45.0 Å². The summed E-state index contributed by atoms with van der Waals surface area (Å²) in [5.41, 5.74) is 1.38. The highest BCUT2D eigenvalue weighted by molar-refractivity contribution is 14.0. The quantitative estimate of drug-likeness (QED) is 0.293. The average Bonchev–Trinajstić information content (AvgIpc) is 2.70. The van der Waals surface area contributed by atoms with Gasteiger partial charge in [-0.3, -0.25) is 9.59 Å². The number of amides is 2. The maximum atomic E-state index is 12.4. The Kier molecular flexibility index (Phi) is 11.3. The molecule has 0 aliphatic carbocycles. The van der Waals surface area contributed by atoms with Crippen molar-refractivity contribution in [3.05, 3.63) is 35.4 Å². The van der Waals surface area contributed by atoms with Crippen LogP contribution in [0.5, 0.6) is 0 Å². The standard InChI is InChI=1S/C23H37N5O2.HI/c1-6-25-22(28-12-10-17(11-13-28)15-20(29)24-5)26-16-18-8-7-9-19(14-18)21(30)27-23(2,3)4;/h7-9,14,17H,6,10-13,15-16H2,1-5H3,(H,24,29)(H,25,26)(H,27,30);1H. The Labute approximate surface area is 203 Å². The van der Waals surface area contributed by atoms with Gasteiger partial charge >= 0.3 is 0 Å². The van der Waals surface area contributed by atoms with Gasteiger partial charge in [0, 0.05) is 44.2 Å². The third-order valence-electron chi connectivity index (χ3n) is 5.09. The van der Waals surface area contributed by atoms with Crippen molar-refractivity contribution in [2.75, 3.05) is 26.7 Å². The molecule has 1 aromatic carbocycles. The van der Waals surface area contributed by atoms with Crippen LogP contribution in [-0.2, 0) is 11.3 Å². The molecule has 174 valence electrons. The van der Waals surface area contributed by atoms with E-state index < -0.39 is 0 Å². The predicted molar refractivity (Wildman–Crippen MR) is 137 cm³/mol. The van der Waals surface area contributed by atoms with E-state index in [2.05, 4.69) is 27.8 Å². The fraction of sp³-hybridized carbons (Fsp3) is 0.609. The highest BCUT2D eigenvalue weighted by Crippen LogP contribution is 2.20. The van der Waals surface area contributed by atoms with Crippen molar-refractivity contribution in [2.24, 2.45) is 10.9 Å². The summed E-state index contributed by atoms with van der Waals surface area (Å²) in [6.45, 7) is 11.1. The predicted octanol–water partition coefficient (Wildman–Crippen LogP) is 3.15. The van der Waals surface area contributed by atoms with Crippen LogP contribution in [-0.4, -0.2) is 54.9 Å². The number of halogens is 1. The van der Waals surface area contributed by atoms with Gasteiger partial charge in [-0.2, -0.15) is 0 Å². The number of hydrogen-bond donors (Lipinski definition) is 3. The van der Waals surface area contributed by atoms with Gasteiger partial charge in [-0.1, -0.05) is 12.1 Å². The maximum Gasteiger partial charge on any atom is 0.251 e. The molecule has 8 heteroatoms. The van der Waals surface area contributed by atoms with Crippen LogP contribution in [0.1, 0.15) is 62.9 Å². The zero-order valence-corrected chi connectivity index (χ0v) is 21.8. The van der Waals surface area contributed by atoms with E-state index in [-0.39, 0.29) is 41.3 Å². The number of piperidine rings is 1. The average molecular weight is 543 g/mol. The summed E-state index contributed by atoms with van der Waals surface area (Å²) in [5.74, 6) is 1.37. The van der Waals surface area contributed by atoms with Gasteiger partial charge in [0.05, 0.1) is 6.54 Å². The van der Waals surface area contributed by atoms with Crippen LogP contribution in [0.2, 0.25) is 0 Å². The lowest BCUT2D eigenvalue weighted by Crippen LogP contribution is -2.46. The summed E-state index contributed by atoms with van der Waals surface area (Å²) in [6.07, 6.45) is 2.57. The Balaban J connectivity index is 0.00000480. The Morgan fingerprint density at radius 3 is 2.45 bits per heavy atom. The van der Waals surface area contributed by atoms with E-state index in [1.165, 1.54) is 0 Å². The summed E-state index contributed by atoms with van der Waals surface area (Å²) >= 11 is 0. The van der Waals surface area contributed by atoms with Gasteiger partial charge < -0.3 is 20.9 Å². The van der Waals surface area contributed by atoms with E-state index in [0.29, 0.717) is 24.4 Å². The second-order valence-electron chi connectivity index (χ2n) is 8.88. The summed E-state index contributed by atoms with van der Waals surface area (Å²) in [7, 11) is 1.69. The van der Waals surface area contributed by atoms with Crippen LogP contribution >= 0.6 is 24.0 Å². The van der Waals surface area contributed by atoms with Crippen LogP contribution in [0.15, 0.2) is 29.3 Å². The van der Waals surface area contributed by atoms with E-state index in [0.717, 1.165) is 44.0 Å². The highest BCUT2D eigenvalue weighted by Gasteiger charge is 2.23. The number of aliphatic imine (C=N–C) groups is 1. The SMILES string of the molecule is CCNC(=NCc1cccc(C(=O)NC(C)(C)C)c1)N1CCC(CC(=O)NC)CC1.I. The summed E-state index contributed by atoms with van der Waals surface area (Å²) in [4.78, 5) is 31.1. The molecule has 0 spiro atoms. The molecule has 0 unspecified atom stereocenters. The molecule has 1 saturated heterocycles. The van der Waals surface area contributed by atoms with Gasteiger partial charge in [-0.15, -0.1) is 24.0 Å². The molecule has 0 bridgehead atoms. The molecule has 1 heterocycles. The number of rotatable bonds is 6. The molecular weight excluding hydrogens is 505 g/mol. The third kappa shape index (κ3) is 9.45. The van der Waals surface area contributed by atoms with E-state index in [4.69, 9.17) is 4.99 Å². The van der Waals surface area contributed by atoms with Crippen molar-refractivity contribution in [3.8, 4) is 0 Å². The Morgan fingerprint density at radius 2 is 1.87 bits per heavy atom. The topological polar surface area (TPSA) is 85.8 Å².